The summed E-state index contributed by atoms with van der Waals surface area (Å²) in [6.45, 7) is 0. The Hall–Kier alpha value is -1.37. The second-order valence-corrected chi connectivity index (χ2v) is 7.59. The van der Waals surface area contributed by atoms with Gasteiger partial charge in [0.2, 0.25) is 0 Å². The molecule has 0 saturated heterocycles. The van der Waals surface area contributed by atoms with Crippen LogP contribution in [0.3, 0.4) is 0 Å². The summed E-state index contributed by atoms with van der Waals surface area (Å²) in [5.74, 6) is 0.718. The molecule has 2 aromatic rings. The highest BCUT2D eigenvalue weighted by molar-refractivity contribution is 9.10. The second kappa shape index (κ2) is 6.17. The molecule has 0 spiro atoms. The molecule has 0 amide bonds. The number of ether oxygens (including phenoxy) is 1. The van der Waals surface area contributed by atoms with Crippen molar-refractivity contribution in [3.63, 3.8) is 0 Å². The average Bonchev–Trinajstić information content (AvgIpc) is 2.45. The molecule has 0 bridgehead atoms. The van der Waals surface area contributed by atoms with Gasteiger partial charge in [-0.05, 0) is 51.3 Å². The van der Waals surface area contributed by atoms with E-state index < -0.39 is 15.9 Å². The summed E-state index contributed by atoms with van der Waals surface area (Å²) in [5.41, 5.74) is 7.85. The fourth-order valence-corrected chi connectivity index (χ4v) is 3.24. The summed E-state index contributed by atoms with van der Waals surface area (Å²) < 4.78 is 29.2. The van der Waals surface area contributed by atoms with Crippen molar-refractivity contribution >= 4 is 25.8 Å². The van der Waals surface area contributed by atoms with Crippen LogP contribution in [-0.4, -0.2) is 21.8 Å². The topological polar surface area (TPSA) is 69.4 Å². The Balaban J connectivity index is 2.40. The molecule has 1 atom stereocenters. The number of rotatable bonds is 4. The Morgan fingerprint density at radius 1 is 1.14 bits per heavy atom. The highest BCUT2D eigenvalue weighted by Crippen LogP contribution is 2.30. The fourth-order valence-electron chi connectivity index (χ4n) is 2.01. The van der Waals surface area contributed by atoms with Crippen molar-refractivity contribution in [2.45, 2.75) is 10.9 Å². The molecule has 1 unspecified atom stereocenters. The maximum absolute atomic E-state index is 11.6. The Bertz CT molecular complexity index is 759. The molecule has 0 heterocycles. The lowest BCUT2D eigenvalue weighted by Gasteiger charge is -2.15. The maximum atomic E-state index is 11.6. The lowest BCUT2D eigenvalue weighted by atomic mass is 10.00. The zero-order chi connectivity index (χ0) is 15.6. The minimum atomic E-state index is -3.24. The second-order valence-electron chi connectivity index (χ2n) is 4.72. The minimum Gasteiger partial charge on any atom is -0.496 e. The monoisotopic (exact) mass is 369 g/mol. The molecule has 2 N–H and O–H groups in total. The smallest absolute Gasteiger partial charge is 0.175 e. The van der Waals surface area contributed by atoms with E-state index in [9.17, 15) is 8.42 Å². The number of sulfone groups is 1. The number of methoxy groups -OCH3 is 1. The Morgan fingerprint density at radius 3 is 2.38 bits per heavy atom. The molecule has 0 aliphatic rings. The number of hydrogen-bond donors (Lipinski definition) is 1. The number of benzene rings is 2. The van der Waals surface area contributed by atoms with E-state index in [-0.39, 0.29) is 4.90 Å². The first kappa shape index (κ1) is 16.0. The molecule has 0 saturated carbocycles. The molecule has 0 fully saturated rings. The first-order chi connectivity index (χ1) is 9.82. The predicted octanol–water partition coefficient (Wildman–Crippen LogP) is 2.91. The van der Waals surface area contributed by atoms with Crippen LogP contribution >= 0.6 is 15.9 Å². The number of hydrogen-bond acceptors (Lipinski definition) is 4. The van der Waals surface area contributed by atoms with Gasteiger partial charge in [0.1, 0.15) is 5.75 Å². The van der Waals surface area contributed by atoms with Crippen LogP contribution < -0.4 is 10.5 Å². The summed E-state index contributed by atoms with van der Waals surface area (Å²) in [7, 11) is -1.65. The zero-order valence-corrected chi connectivity index (χ0v) is 14.1. The van der Waals surface area contributed by atoms with Crippen molar-refractivity contribution in [3.8, 4) is 5.75 Å². The third-order valence-electron chi connectivity index (χ3n) is 3.18. The van der Waals surface area contributed by atoms with Gasteiger partial charge in [-0.2, -0.15) is 0 Å². The summed E-state index contributed by atoms with van der Waals surface area (Å²) in [5, 5.41) is 0. The van der Waals surface area contributed by atoms with Crippen LogP contribution in [0.4, 0.5) is 0 Å². The summed E-state index contributed by atoms with van der Waals surface area (Å²) in [6.07, 6.45) is 1.18. The Kier molecular flexibility index (Phi) is 4.70. The van der Waals surface area contributed by atoms with Crippen LogP contribution in [0.1, 0.15) is 17.2 Å². The van der Waals surface area contributed by atoms with E-state index in [4.69, 9.17) is 10.5 Å². The largest absolute Gasteiger partial charge is 0.496 e. The van der Waals surface area contributed by atoms with Crippen molar-refractivity contribution < 1.29 is 13.2 Å². The molecule has 6 heteroatoms. The first-order valence-corrected chi connectivity index (χ1v) is 8.90. The summed E-state index contributed by atoms with van der Waals surface area (Å²) >= 11 is 3.42. The van der Waals surface area contributed by atoms with Crippen molar-refractivity contribution in [1.29, 1.82) is 0 Å². The molecule has 4 nitrogen and oxygen atoms in total. The molecule has 0 aromatic heterocycles. The van der Waals surface area contributed by atoms with Crippen LogP contribution in [0, 0.1) is 0 Å². The van der Waals surface area contributed by atoms with Gasteiger partial charge in [0.25, 0.3) is 0 Å². The van der Waals surface area contributed by atoms with Crippen LogP contribution in [0.2, 0.25) is 0 Å². The van der Waals surface area contributed by atoms with Crippen LogP contribution in [0.25, 0.3) is 0 Å². The van der Waals surface area contributed by atoms with Gasteiger partial charge < -0.3 is 10.5 Å². The van der Waals surface area contributed by atoms with Gasteiger partial charge in [0.15, 0.2) is 9.84 Å². The lowest BCUT2D eigenvalue weighted by molar-refractivity contribution is 0.412. The van der Waals surface area contributed by atoms with Crippen LogP contribution in [0.5, 0.6) is 5.75 Å². The van der Waals surface area contributed by atoms with E-state index in [0.717, 1.165) is 21.3 Å². The normalized spacial score (nSPS) is 13.0. The highest BCUT2D eigenvalue weighted by Gasteiger charge is 2.14. The molecule has 112 valence electrons. The minimum absolute atomic E-state index is 0.267. The zero-order valence-electron chi connectivity index (χ0n) is 11.7. The van der Waals surface area contributed by atoms with E-state index >= 15 is 0 Å². The van der Waals surface area contributed by atoms with E-state index in [1.807, 2.05) is 24.3 Å². The number of nitrogens with two attached hydrogens (primary N) is 1. The molecular weight excluding hydrogens is 354 g/mol. The number of halogens is 1. The lowest BCUT2D eigenvalue weighted by Crippen LogP contribution is -2.12. The van der Waals surface area contributed by atoms with Gasteiger partial charge >= 0.3 is 0 Å². The van der Waals surface area contributed by atoms with Gasteiger partial charge in [-0.15, -0.1) is 0 Å². The SMILES string of the molecule is COc1ccc(C(N)c2cccc(S(C)(=O)=O)c2)cc1Br. The standard InChI is InChI=1S/C15H16BrNO3S/c1-20-14-7-6-11(9-13(14)16)15(17)10-4-3-5-12(8-10)21(2,18)19/h3-9,15H,17H2,1-2H3. The molecule has 2 aromatic carbocycles. The maximum Gasteiger partial charge on any atom is 0.175 e. The van der Waals surface area contributed by atoms with E-state index in [2.05, 4.69) is 15.9 Å². The van der Waals surface area contributed by atoms with Crippen LogP contribution in [0.15, 0.2) is 51.8 Å². The van der Waals surface area contributed by atoms with E-state index in [1.165, 1.54) is 6.26 Å². The van der Waals surface area contributed by atoms with E-state index in [0.29, 0.717) is 0 Å². The highest BCUT2D eigenvalue weighted by atomic mass is 79.9. The molecule has 21 heavy (non-hydrogen) atoms. The third kappa shape index (κ3) is 3.64. The predicted molar refractivity (Wildman–Crippen MR) is 86.3 cm³/mol. The van der Waals surface area contributed by atoms with Crippen molar-refractivity contribution in [2.24, 2.45) is 5.73 Å². The van der Waals surface area contributed by atoms with Crippen molar-refractivity contribution in [3.05, 3.63) is 58.1 Å². The average molecular weight is 370 g/mol. The molecule has 0 radical (unpaired) electrons. The fraction of sp³-hybridized carbons (Fsp3) is 0.200. The van der Waals surface area contributed by atoms with Crippen molar-refractivity contribution in [1.82, 2.24) is 0 Å². The Morgan fingerprint density at radius 2 is 1.81 bits per heavy atom. The Labute approximate surface area is 133 Å². The van der Waals surface area contributed by atoms with Gasteiger partial charge in [0, 0.05) is 6.26 Å². The molecular formula is C15H16BrNO3S. The van der Waals surface area contributed by atoms with Gasteiger partial charge in [-0.3, -0.25) is 0 Å². The van der Waals surface area contributed by atoms with Gasteiger partial charge in [-0.25, -0.2) is 8.42 Å². The quantitative estimate of drug-likeness (QED) is 0.899. The van der Waals surface area contributed by atoms with Gasteiger partial charge in [-0.1, -0.05) is 18.2 Å². The first-order valence-electron chi connectivity index (χ1n) is 6.22. The van der Waals surface area contributed by atoms with E-state index in [1.54, 1.807) is 25.3 Å². The third-order valence-corrected chi connectivity index (χ3v) is 4.91. The van der Waals surface area contributed by atoms with Gasteiger partial charge in [0.05, 0.1) is 22.5 Å². The van der Waals surface area contributed by atoms with Crippen LogP contribution in [-0.2, 0) is 9.84 Å². The molecule has 2 rings (SSSR count). The summed E-state index contributed by atoms with van der Waals surface area (Å²) in [4.78, 5) is 0.267. The molecule has 0 aliphatic carbocycles. The summed E-state index contributed by atoms with van der Waals surface area (Å²) in [6, 6.07) is 11.8. The van der Waals surface area contributed by atoms with Crippen molar-refractivity contribution in [2.75, 3.05) is 13.4 Å². The molecule has 0 aliphatic heterocycles.